The monoisotopic (exact) mass is 395 g/mol. The molecule has 2 unspecified atom stereocenters. The average Bonchev–Trinajstić information content (AvgIpc) is 2.43. The molecule has 1 N–H and O–H groups in total. The van der Waals surface area contributed by atoms with Crippen molar-refractivity contribution in [2.24, 2.45) is 17.3 Å². The zero-order valence-corrected chi connectivity index (χ0v) is 15.6. The van der Waals surface area contributed by atoms with Crippen molar-refractivity contribution in [2.75, 3.05) is 0 Å². The van der Waals surface area contributed by atoms with Gasteiger partial charge < -0.3 is 5.32 Å². The Kier molecular flexibility index (Phi) is 4.00. The summed E-state index contributed by atoms with van der Waals surface area (Å²) in [6.45, 7) is 0.596. The second-order valence-electron chi connectivity index (χ2n) is 8.19. The van der Waals surface area contributed by atoms with E-state index in [1.54, 1.807) is 0 Å². The van der Waals surface area contributed by atoms with Gasteiger partial charge in [-0.2, -0.15) is 0 Å². The van der Waals surface area contributed by atoms with E-state index in [9.17, 15) is 4.79 Å². The van der Waals surface area contributed by atoms with E-state index in [2.05, 4.69) is 21.2 Å². The van der Waals surface area contributed by atoms with Crippen molar-refractivity contribution >= 4 is 33.4 Å². The fourth-order valence-electron chi connectivity index (χ4n) is 5.75. The van der Waals surface area contributed by atoms with Gasteiger partial charge in [0.15, 0.2) is 0 Å². The summed E-state index contributed by atoms with van der Waals surface area (Å²) < 4.78 is 0.327. The molecule has 2 nitrogen and oxygen atoms in total. The maximum absolute atomic E-state index is 12.5. The van der Waals surface area contributed by atoms with Gasteiger partial charge >= 0.3 is 0 Å². The summed E-state index contributed by atoms with van der Waals surface area (Å²) in [4.78, 5) is 12.5. The molecule has 0 spiro atoms. The topological polar surface area (TPSA) is 29.1 Å². The molecular formula is C19H23BrClNO. The summed E-state index contributed by atoms with van der Waals surface area (Å²) in [7, 11) is 0. The first-order valence-corrected chi connectivity index (χ1v) is 9.81. The minimum atomic E-state index is 0.206. The van der Waals surface area contributed by atoms with Crippen LogP contribution >= 0.6 is 27.5 Å². The van der Waals surface area contributed by atoms with E-state index >= 15 is 0 Å². The highest BCUT2D eigenvalue weighted by Gasteiger charge is 2.57. The van der Waals surface area contributed by atoms with Crippen molar-refractivity contribution in [1.82, 2.24) is 5.32 Å². The minimum absolute atomic E-state index is 0.206. The van der Waals surface area contributed by atoms with Crippen molar-refractivity contribution < 1.29 is 4.79 Å². The molecule has 1 aromatic rings. The maximum Gasteiger partial charge on any atom is 0.220 e. The fourth-order valence-corrected chi connectivity index (χ4v) is 7.39. The van der Waals surface area contributed by atoms with Crippen molar-refractivity contribution in [2.45, 2.75) is 55.8 Å². The van der Waals surface area contributed by atoms with Gasteiger partial charge in [-0.3, -0.25) is 4.79 Å². The fraction of sp³-hybridized carbons (Fsp3) is 0.632. The molecule has 1 amide bonds. The van der Waals surface area contributed by atoms with Gasteiger partial charge in [-0.05, 0) is 73.5 Å². The van der Waals surface area contributed by atoms with Crippen LogP contribution in [0.15, 0.2) is 24.3 Å². The van der Waals surface area contributed by atoms with E-state index in [0.29, 0.717) is 17.3 Å². The summed E-state index contributed by atoms with van der Waals surface area (Å²) >= 11 is 9.92. The quantitative estimate of drug-likeness (QED) is 0.706. The molecule has 0 radical (unpaired) electrons. The van der Waals surface area contributed by atoms with E-state index in [0.717, 1.165) is 22.4 Å². The number of benzene rings is 1. The van der Waals surface area contributed by atoms with Crippen molar-refractivity contribution in [1.29, 1.82) is 0 Å². The van der Waals surface area contributed by atoms with Gasteiger partial charge in [0.1, 0.15) is 0 Å². The molecule has 124 valence electrons. The molecule has 4 aliphatic rings. The summed E-state index contributed by atoms with van der Waals surface area (Å²) in [6, 6.07) is 7.69. The van der Waals surface area contributed by atoms with Crippen LogP contribution in [0, 0.1) is 17.3 Å². The lowest BCUT2D eigenvalue weighted by Gasteiger charge is -2.60. The predicted molar refractivity (Wildman–Crippen MR) is 96.7 cm³/mol. The van der Waals surface area contributed by atoms with Crippen LogP contribution in [0.2, 0.25) is 5.02 Å². The van der Waals surface area contributed by atoms with Gasteiger partial charge in [-0.1, -0.05) is 39.7 Å². The van der Waals surface area contributed by atoms with Crippen LogP contribution in [0.1, 0.15) is 50.5 Å². The third-order valence-electron chi connectivity index (χ3n) is 6.05. The number of halogens is 2. The van der Waals surface area contributed by atoms with Crippen molar-refractivity contribution in [3.8, 4) is 0 Å². The van der Waals surface area contributed by atoms with E-state index in [-0.39, 0.29) is 11.3 Å². The lowest BCUT2D eigenvalue weighted by Crippen LogP contribution is -2.54. The van der Waals surface area contributed by atoms with Crippen LogP contribution in [0.5, 0.6) is 0 Å². The summed E-state index contributed by atoms with van der Waals surface area (Å²) in [5.74, 6) is 1.87. The molecule has 2 atom stereocenters. The molecule has 4 aliphatic carbocycles. The standard InChI is InChI=1S/C19H23BrClNO/c20-19-8-14-5-15(9-19)7-18(6-14,12-19)10-17(23)22-11-13-1-3-16(21)4-2-13/h1-4,14-15H,5-12H2,(H,22,23). The summed E-state index contributed by atoms with van der Waals surface area (Å²) in [6.07, 6.45) is 8.41. The molecule has 0 aromatic heterocycles. The van der Waals surface area contributed by atoms with Gasteiger partial charge in [0.2, 0.25) is 5.91 Å². The highest BCUT2D eigenvalue weighted by molar-refractivity contribution is 9.10. The Morgan fingerprint density at radius 3 is 2.43 bits per heavy atom. The first kappa shape index (κ1) is 16.0. The SMILES string of the molecule is O=C(CC12CC3CC(CC(Br)(C3)C1)C2)NCc1ccc(Cl)cc1. The average molecular weight is 397 g/mol. The maximum atomic E-state index is 12.5. The molecule has 0 saturated heterocycles. The molecule has 1 aromatic carbocycles. The van der Waals surface area contributed by atoms with E-state index < -0.39 is 0 Å². The number of nitrogens with one attached hydrogen (secondary N) is 1. The summed E-state index contributed by atoms with van der Waals surface area (Å²) in [5.41, 5.74) is 1.35. The molecule has 23 heavy (non-hydrogen) atoms. The van der Waals surface area contributed by atoms with Gasteiger partial charge in [0, 0.05) is 22.3 Å². The zero-order valence-electron chi connectivity index (χ0n) is 13.3. The Balaban J connectivity index is 1.38. The molecule has 4 bridgehead atoms. The van der Waals surface area contributed by atoms with Crippen molar-refractivity contribution in [3.05, 3.63) is 34.9 Å². The Morgan fingerprint density at radius 2 is 1.83 bits per heavy atom. The number of hydrogen-bond acceptors (Lipinski definition) is 1. The van der Waals surface area contributed by atoms with Crippen LogP contribution in [-0.2, 0) is 11.3 Å². The minimum Gasteiger partial charge on any atom is -0.352 e. The highest BCUT2D eigenvalue weighted by Crippen LogP contribution is 2.65. The lowest BCUT2D eigenvalue weighted by atomic mass is 9.48. The molecule has 0 aliphatic heterocycles. The first-order chi connectivity index (χ1) is 10.9. The Hall–Kier alpha value is -0.540. The number of alkyl halides is 1. The number of carbonyl (C=O) groups excluding carboxylic acids is 1. The van der Waals surface area contributed by atoms with Gasteiger partial charge in [-0.25, -0.2) is 0 Å². The largest absolute Gasteiger partial charge is 0.352 e. The first-order valence-electron chi connectivity index (χ1n) is 8.64. The molecule has 4 saturated carbocycles. The molecule has 4 heteroatoms. The van der Waals surface area contributed by atoms with Gasteiger partial charge in [-0.15, -0.1) is 0 Å². The van der Waals surface area contributed by atoms with Crippen LogP contribution in [0.25, 0.3) is 0 Å². The second-order valence-corrected chi connectivity index (χ2v) is 10.3. The molecule has 0 heterocycles. The van der Waals surface area contributed by atoms with Gasteiger partial charge in [0.25, 0.3) is 0 Å². The Morgan fingerprint density at radius 1 is 1.17 bits per heavy atom. The third kappa shape index (κ3) is 3.32. The van der Waals surface area contributed by atoms with Crippen LogP contribution in [0.4, 0.5) is 0 Å². The normalized spacial score (nSPS) is 37.8. The van der Waals surface area contributed by atoms with Crippen LogP contribution < -0.4 is 5.32 Å². The zero-order chi connectivity index (χ0) is 16.1. The molecule has 5 rings (SSSR count). The number of amides is 1. The number of carbonyl (C=O) groups is 1. The third-order valence-corrected chi connectivity index (χ3v) is 7.23. The molecular weight excluding hydrogens is 374 g/mol. The van der Waals surface area contributed by atoms with E-state index in [1.165, 1.54) is 38.5 Å². The molecule has 4 fully saturated rings. The highest BCUT2D eigenvalue weighted by atomic mass is 79.9. The second kappa shape index (κ2) is 5.77. The summed E-state index contributed by atoms with van der Waals surface area (Å²) in [5, 5.41) is 3.84. The smallest absolute Gasteiger partial charge is 0.220 e. The van der Waals surface area contributed by atoms with Gasteiger partial charge in [0.05, 0.1) is 0 Å². The lowest BCUT2D eigenvalue weighted by molar-refractivity contribution is -0.128. The number of rotatable bonds is 4. The van der Waals surface area contributed by atoms with Crippen LogP contribution in [-0.4, -0.2) is 10.2 Å². The van der Waals surface area contributed by atoms with E-state index in [1.807, 2.05) is 24.3 Å². The Bertz CT molecular complexity index is 600. The number of hydrogen-bond donors (Lipinski definition) is 1. The van der Waals surface area contributed by atoms with E-state index in [4.69, 9.17) is 11.6 Å². The van der Waals surface area contributed by atoms with Crippen molar-refractivity contribution in [3.63, 3.8) is 0 Å². The predicted octanol–water partition coefficient (Wildman–Crippen LogP) is 5.08. The van der Waals surface area contributed by atoms with Crippen LogP contribution in [0.3, 0.4) is 0 Å². The Labute approximate surface area is 151 Å².